The van der Waals surface area contributed by atoms with Gasteiger partial charge in [0.1, 0.15) is 5.82 Å². The molecule has 0 aromatic carbocycles. The molecular formula is C16H20N4. The Kier molecular flexibility index (Phi) is 4.02. The number of aryl methyl sites for hydroxylation is 1. The number of aromatic nitrogens is 3. The van der Waals surface area contributed by atoms with Gasteiger partial charge in [-0.2, -0.15) is 0 Å². The Labute approximate surface area is 119 Å². The monoisotopic (exact) mass is 268 g/mol. The third-order valence-electron chi connectivity index (χ3n) is 3.92. The minimum absolute atomic E-state index is 0.403. The Hall–Kier alpha value is -1.81. The summed E-state index contributed by atoms with van der Waals surface area (Å²) >= 11 is 0. The molecule has 1 N–H and O–H groups in total. The van der Waals surface area contributed by atoms with Crippen LogP contribution in [0.2, 0.25) is 0 Å². The maximum Gasteiger partial charge on any atom is 0.132 e. The highest BCUT2D eigenvalue weighted by molar-refractivity contribution is 5.25. The van der Waals surface area contributed by atoms with Gasteiger partial charge in [-0.15, -0.1) is 0 Å². The van der Waals surface area contributed by atoms with Gasteiger partial charge in [0.05, 0.1) is 0 Å². The van der Waals surface area contributed by atoms with Gasteiger partial charge in [0.15, 0.2) is 0 Å². The van der Waals surface area contributed by atoms with Gasteiger partial charge >= 0.3 is 0 Å². The Morgan fingerprint density at radius 2 is 2.25 bits per heavy atom. The summed E-state index contributed by atoms with van der Waals surface area (Å²) in [7, 11) is 2.02. The molecule has 104 valence electrons. The van der Waals surface area contributed by atoms with Crippen molar-refractivity contribution in [1.29, 1.82) is 0 Å². The van der Waals surface area contributed by atoms with Crippen molar-refractivity contribution in [3.8, 4) is 0 Å². The van der Waals surface area contributed by atoms with Crippen molar-refractivity contribution < 1.29 is 0 Å². The lowest BCUT2D eigenvalue weighted by molar-refractivity contribution is 0.531. The summed E-state index contributed by atoms with van der Waals surface area (Å²) in [5, 5.41) is 3.38. The van der Waals surface area contributed by atoms with Crippen molar-refractivity contribution in [3.63, 3.8) is 0 Å². The first-order chi connectivity index (χ1) is 9.86. The molecule has 0 aliphatic heterocycles. The molecule has 0 spiro atoms. The van der Waals surface area contributed by atoms with Crippen LogP contribution in [-0.2, 0) is 12.8 Å². The molecule has 4 heteroatoms. The van der Waals surface area contributed by atoms with E-state index in [9.17, 15) is 0 Å². The van der Waals surface area contributed by atoms with Crippen LogP contribution in [0, 0.1) is 0 Å². The van der Waals surface area contributed by atoms with Gasteiger partial charge in [0.2, 0.25) is 0 Å². The normalized spacial score (nSPS) is 18.4. The molecule has 4 nitrogen and oxygen atoms in total. The van der Waals surface area contributed by atoms with Crippen molar-refractivity contribution in [2.75, 3.05) is 7.05 Å². The molecule has 2 aromatic heterocycles. The molecule has 0 bridgehead atoms. The van der Waals surface area contributed by atoms with Crippen LogP contribution >= 0.6 is 0 Å². The second-order valence-corrected chi connectivity index (χ2v) is 5.31. The maximum atomic E-state index is 4.79. The standard InChI is InChI=1S/C16H20N4/c1-17-14-6-2-3-7-15-13(14)11-19-16(20-15)9-12-5-4-8-18-10-12/h4-5,8,10-11,14,17H,2-3,6-7,9H2,1H3. The van der Waals surface area contributed by atoms with Gasteiger partial charge in [0.25, 0.3) is 0 Å². The summed E-state index contributed by atoms with van der Waals surface area (Å²) in [6.45, 7) is 0. The largest absolute Gasteiger partial charge is 0.313 e. The molecule has 0 fully saturated rings. The van der Waals surface area contributed by atoms with Crippen LogP contribution in [0.3, 0.4) is 0 Å². The van der Waals surface area contributed by atoms with Crippen LogP contribution in [-0.4, -0.2) is 22.0 Å². The molecule has 3 rings (SSSR count). The van der Waals surface area contributed by atoms with E-state index in [1.54, 1.807) is 6.20 Å². The Morgan fingerprint density at radius 1 is 1.30 bits per heavy atom. The molecule has 0 saturated carbocycles. The van der Waals surface area contributed by atoms with E-state index in [1.807, 2.05) is 25.5 Å². The molecular weight excluding hydrogens is 248 g/mol. The molecule has 0 saturated heterocycles. The van der Waals surface area contributed by atoms with E-state index < -0.39 is 0 Å². The smallest absolute Gasteiger partial charge is 0.132 e. The minimum atomic E-state index is 0.403. The highest BCUT2D eigenvalue weighted by Gasteiger charge is 2.19. The molecule has 1 aliphatic rings. The summed E-state index contributed by atoms with van der Waals surface area (Å²) in [6, 6.07) is 4.42. The molecule has 1 atom stereocenters. The first kappa shape index (κ1) is 13.2. The zero-order valence-corrected chi connectivity index (χ0v) is 11.8. The van der Waals surface area contributed by atoms with Crippen LogP contribution < -0.4 is 5.32 Å². The van der Waals surface area contributed by atoms with Crippen LogP contribution in [0.4, 0.5) is 0 Å². The summed E-state index contributed by atoms with van der Waals surface area (Å²) in [4.78, 5) is 13.5. The lowest BCUT2D eigenvalue weighted by Gasteiger charge is -2.16. The third kappa shape index (κ3) is 2.85. The predicted octanol–water partition coefficient (Wildman–Crippen LogP) is 2.45. The van der Waals surface area contributed by atoms with Crippen molar-refractivity contribution in [1.82, 2.24) is 20.3 Å². The minimum Gasteiger partial charge on any atom is -0.313 e. The Bertz CT molecular complexity index is 568. The number of rotatable bonds is 3. The van der Waals surface area contributed by atoms with Crippen molar-refractivity contribution >= 4 is 0 Å². The predicted molar refractivity (Wildman–Crippen MR) is 78.4 cm³/mol. The highest BCUT2D eigenvalue weighted by atomic mass is 14.9. The molecule has 2 heterocycles. The fraction of sp³-hybridized carbons (Fsp3) is 0.438. The van der Waals surface area contributed by atoms with E-state index in [4.69, 9.17) is 4.98 Å². The van der Waals surface area contributed by atoms with Crippen LogP contribution in [0.25, 0.3) is 0 Å². The van der Waals surface area contributed by atoms with Crippen molar-refractivity contribution in [2.45, 2.75) is 38.1 Å². The summed E-state index contributed by atoms with van der Waals surface area (Å²) in [6.07, 6.45) is 11.1. The Balaban J connectivity index is 1.86. The summed E-state index contributed by atoms with van der Waals surface area (Å²) in [5.74, 6) is 0.897. The highest BCUT2D eigenvalue weighted by Crippen LogP contribution is 2.26. The van der Waals surface area contributed by atoms with Crippen molar-refractivity contribution in [3.05, 3.63) is 53.4 Å². The van der Waals surface area contributed by atoms with E-state index in [0.717, 1.165) is 24.2 Å². The first-order valence-corrected chi connectivity index (χ1v) is 7.27. The third-order valence-corrected chi connectivity index (χ3v) is 3.92. The number of nitrogens with one attached hydrogen (secondary N) is 1. The van der Waals surface area contributed by atoms with Crippen molar-refractivity contribution in [2.24, 2.45) is 0 Å². The van der Waals surface area contributed by atoms with E-state index in [0.29, 0.717) is 6.04 Å². The van der Waals surface area contributed by atoms with E-state index in [-0.39, 0.29) is 0 Å². The molecule has 1 aliphatic carbocycles. The van der Waals surface area contributed by atoms with E-state index >= 15 is 0 Å². The lowest BCUT2D eigenvalue weighted by Crippen LogP contribution is -2.18. The molecule has 2 aromatic rings. The molecule has 1 unspecified atom stereocenters. The average Bonchev–Trinajstić information content (AvgIpc) is 2.69. The van der Waals surface area contributed by atoms with Crippen LogP contribution in [0.5, 0.6) is 0 Å². The van der Waals surface area contributed by atoms with E-state index in [1.165, 1.54) is 30.5 Å². The number of hydrogen-bond donors (Lipinski definition) is 1. The molecule has 0 amide bonds. The maximum absolute atomic E-state index is 4.79. The summed E-state index contributed by atoms with van der Waals surface area (Å²) in [5.41, 5.74) is 3.65. The fourth-order valence-corrected chi connectivity index (χ4v) is 2.83. The first-order valence-electron chi connectivity index (χ1n) is 7.27. The zero-order chi connectivity index (χ0) is 13.8. The van der Waals surface area contributed by atoms with Gasteiger partial charge in [0, 0.05) is 42.3 Å². The van der Waals surface area contributed by atoms with Gasteiger partial charge in [-0.3, -0.25) is 4.98 Å². The fourth-order valence-electron chi connectivity index (χ4n) is 2.83. The zero-order valence-electron chi connectivity index (χ0n) is 11.8. The number of nitrogens with zero attached hydrogens (tertiary/aromatic N) is 3. The SMILES string of the molecule is CNC1CCCCc2nc(Cc3cccnc3)ncc21. The quantitative estimate of drug-likeness (QED) is 0.869. The second-order valence-electron chi connectivity index (χ2n) is 5.31. The second kappa shape index (κ2) is 6.09. The van der Waals surface area contributed by atoms with Gasteiger partial charge in [-0.05, 0) is 37.9 Å². The number of hydrogen-bond acceptors (Lipinski definition) is 4. The van der Waals surface area contributed by atoms with Gasteiger partial charge in [-0.25, -0.2) is 9.97 Å². The lowest BCUT2D eigenvalue weighted by atomic mass is 10.1. The molecule has 20 heavy (non-hydrogen) atoms. The van der Waals surface area contributed by atoms with Gasteiger partial charge < -0.3 is 5.32 Å². The van der Waals surface area contributed by atoms with E-state index in [2.05, 4.69) is 21.4 Å². The van der Waals surface area contributed by atoms with Crippen LogP contribution in [0.15, 0.2) is 30.7 Å². The molecule has 0 radical (unpaired) electrons. The summed E-state index contributed by atoms with van der Waals surface area (Å²) < 4.78 is 0. The number of fused-ring (bicyclic) bond motifs is 1. The van der Waals surface area contributed by atoms with Crippen LogP contribution in [0.1, 0.15) is 47.9 Å². The Morgan fingerprint density at radius 3 is 3.05 bits per heavy atom. The topological polar surface area (TPSA) is 50.7 Å². The average molecular weight is 268 g/mol. The number of pyridine rings is 1. The van der Waals surface area contributed by atoms with Gasteiger partial charge in [-0.1, -0.05) is 12.5 Å².